The highest BCUT2D eigenvalue weighted by molar-refractivity contribution is 5.91. The summed E-state index contributed by atoms with van der Waals surface area (Å²) in [6, 6.07) is 3.67. The fraction of sp³-hybridized carbons (Fsp3) is 0.583. The molecule has 5 nitrogen and oxygen atoms in total. The minimum atomic E-state index is -0.140. The van der Waals surface area contributed by atoms with Gasteiger partial charge >= 0.3 is 0 Å². The zero-order valence-electron chi connectivity index (χ0n) is 10.1. The van der Waals surface area contributed by atoms with Gasteiger partial charge in [-0.25, -0.2) is 0 Å². The van der Waals surface area contributed by atoms with Crippen LogP contribution in [0.1, 0.15) is 29.2 Å². The number of piperidine rings is 1. The van der Waals surface area contributed by atoms with Crippen molar-refractivity contribution in [2.24, 2.45) is 5.73 Å². The number of carbonyl (C=O) groups excluding carboxylic acids is 1. The standard InChI is InChI=1S/C12H19N3O2/c1-15-6-4-9(5-7-15)14-12(16)11-3-2-10(8-13)17-11/h2-3,9H,4-8,13H2,1H3,(H,14,16). The van der Waals surface area contributed by atoms with Gasteiger partial charge in [-0.3, -0.25) is 4.79 Å². The Balaban J connectivity index is 1.88. The van der Waals surface area contributed by atoms with Gasteiger partial charge in [-0.05, 0) is 45.1 Å². The second-order valence-electron chi connectivity index (χ2n) is 4.52. The van der Waals surface area contributed by atoms with Gasteiger partial charge in [-0.2, -0.15) is 0 Å². The van der Waals surface area contributed by atoms with Crippen LogP contribution in [0, 0.1) is 0 Å². The number of nitrogens with one attached hydrogen (secondary N) is 1. The quantitative estimate of drug-likeness (QED) is 0.806. The van der Waals surface area contributed by atoms with E-state index >= 15 is 0 Å². The molecule has 2 heterocycles. The molecule has 1 aliphatic rings. The van der Waals surface area contributed by atoms with E-state index in [0.29, 0.717) is 18.1 Å². The number of furan rings is 1. The van der Waals surface area contributed by atoms with Crippen LogP contribution in [0.15, 0.2) is 16.5 Å². The first-order valence-electron chi connectivity index (χ1n) is 5.97. The molecule has 0 unspecified atom stereocenters. The summed E-state index contributed by atoms with van der Waals surface area (Å²) in [6.45, 7) is 2.37. The summed E-state index contributed by atoms with van der Waals surface area (Å²) >= 11 is 0. The van der Waals surface area contributed by atoms with Crippen LogP contribution in [0.3, 0.4) is 0 Å². The van der Waals surface area contributed by atoms with Crippen LogP contribution in [0.2, 0.25) is 0 Å². The van der Waals surface area contributed by atoms with E-state index in [9.17, 15) is 4.79 Å². The Labute approximate surface area is 101 Å². The number of amides is 1. The summed E-state index contributed by atoms with van der Waals surface area (Å²) in [5.74, 6) is 0.849. The van der Waals surface area contributed by atoms with Crippen LogP contribution in [0.5, 0.6) is 0 Å². The number of rotatable bonds is 3. The molecule has 3 N–H and O–H groups in total. The maximum Gasteiger partial charge on any atom is 0.287 e. The highest BCUT2D eigenvalue weighted by Crippen LogP contribution is 2.11. The molecule has 0 aliphatic carbocycles. The van der Waals surface area contributed by atoms with Gasteiger partial charge in [0.2, 0.25) is 0 Å². The van der Waals surface area contributed by atoms with Gasteiger partial charge < -0.3 is 20.4 Å². The highest BCUT2D eigenvalue weighted by atomic mass is 16.4. The van der Waals surface area contributed by atoms with E-state index in [1.165, 1.54) is 0 Å². The molecule has 1 aromatic heterocycles. The predicted octanol–water partition coefficient (Wildman–Crippen LogP) is 0.562. The number of nitrogens with two attached hydrogens (primary N) is 1. The van der Waals surface area contributed by atoms with Crippen LogP contribution in [-0.2, 0) is 6.54 Å². The van der Waals surface area contributed by atoms with Crippen molar-refractivity contribution < 1.29 is 9.21 Å². The summed E-state index contributed by atoms with van der Waals surface area (Å²) in [6.07, 6.45) is 1.99. The first-order chi connectivity index (χ1) is 8.19. The lowest BCUT2D eigenvalue weighted by atomic mass is 10.1. The smallest absolute Gasteiger partial charge is 0.287 e. The molecule has 0 bridgehead atoms. The molecule has 17 heavy (non-hydrogen) atoms. The Morgan fingerprint density at radius 2 is 2.24 bits per heavy atom. The lowest BCUT2D eigenvalue weighted by Gasteiger charge is -2.29. The highest BCUT2D eigenvalue weighted by Gasteiger charge is 2.20. The Hall–Kier alpha value is -1.33. The molecule has 94 valence electrons. The van der Waals surface area contributed by atoms with Gasteiger partial charge in [0.25, 0.3) is 5.91 Å². The van der Waals surface area contributed by atoms with E-state index < -0.39 is 0 Å². The molecule has 0 radical (unpaired) electrons. The lowest BCUT2D eigenvalue weighted by molar-refractivity contribution is 0.0887. The fourth-order valence-corrected chi connectivity index (χ4v) is 2.02. The third kappa shape index (κ3) is 3.08. The van der Waals surface area contributed by atoms with Gasteiger partial charge in [-0.15, -0.1) is 0 Å². The maximum absolute atomic E-state index is 11.9. The Morgan fingerprint density at radius 3 is 2.82 bits per heavy atom. The molecule has 0 atom stereocenters. The molecule has 1 saturated heterocycles. The summed E-state index contributed by atoms with van der Waals surface area (Å²) in [4.78, 5) is 14.1. The molecule has 1 fully saturated rings. The normalized spacial score (nSPS) is 18.2. The second kappa shape index (κ2) is 5.33. The Bertz CT molecular complexity index is 381. The largest absolute Gasteiger partial charge is 0.455 e. The van der Waals surface area contributed by atoms with Crippen molar-refractivity contribution >= 4 is 5.91 Å². The molecule has 0 spiro atoms. The number of nitrogens with zero attached hydrogens (tertiary/aromatic N) is 1. The predicted molar refractivity (Wildman–Crippen MR) is 64.6 cm³/mol. The molecule has 1 amide bonds. The molecular formula is C12H19N3O2. The average Bonchev–Trinajstić information content (AvgIpc) is 2.81. The summed E-state index contributed by atoms with van der Waals surface area (Å²) in [5.41, 5.74) is 5.43. The van der Waals surface area contributed by atoms with Crippen LogP contribution >= 0.6 is 0 Å². The minimum Gasteiger partial charge on any atom is -0.455 e. The SMILES string of the molecule is CN1CCC(NC(=O)c2ccc(CN)o2)CC1. The van der Waals surface area contributed by atoms with Crippen LogP contribution in [0.4, 0.5) is 0 Å². The lowest BCUT2D eigenvalue weighted by Crippen LogP contribution is -2.43. The molecule has 0 aromatic carbocycles. The van der Waals surface area contributed by atoms with Gasteiger partial charge in [0.05, 0.1) is 6.54 Å². The number of hydrogen-bond acceptors (Lipinski definition) is 4. The van der Waals surface area contributed by atoms with Gasteiger partial charge in [0.1, 0.15) is 5.76 Å². The molecule has 1 aliphatic heterocycles. The summed E-state index contributed by atoms with van der Waals surface area (Å²) < 4.78 is 5.31. The van der Waals surface area contributed by atoms with Gasteiger partial charge in [0, 0.05) is 6.04 Å². The third-order valence-electron chi connectivity index (χ3n) is 3.14. The van der Waals surface area contributed by atoms with E-state index in [0.717, 1.165) is 25.9 Å². The van der Waals surface area contributed by atoms with Crippen molar-refractivity contribution in [3.8, 4) is 0 Å². The molecule has 0 saturated carbocycles. The average molecular weight is 237 g/mol. The molecule has 5 heteroatoms. The number of likely N-dealkylation sites (tertiary alicyclic amines) is 1. The van der Waals surface area contributed by atoms with Crippen molar-refractivity contribution in [3.05, 3.63) is 23.7 Å². The fourth-order valence-electron chi connectivity index (χ4n) is 2.02. The van der Waals surface area contributed by atoms with Crippen molar-refractivity contribution in [2.45, 2.75) is 25.4 Å². The number of carbonyl (C=O) groups is 1. The third-order valence-corrected chi connectivity index (χ3v) is 3.14. The van der Waals surface area contributed by atoms with E-state index in [2.05, 4.69) is 17.3 Å². The molecular weight excluding hydrogens is 218 g/mol. The van der Waals surface area contributed by atoms with E-state index in [1.54, 1.807) is 12.1 Å². The zero-order chi connectivity index (χ0) is 12.3. The summed E-state index contributed by atoms with van der Waals surface area (Å²) in [7, 11) is 2.10. The topological polar surface area (TPSA) is 71.5 Å². The van der Waals surface area contributed by atoms with Crippen molar-refractivity contribution in [3.63, 3.8) is 0 Å². The minimum absolute atomic E-state index is 0.140. The molecule has 2 rings (SSSR count). The zero-order valence-corrected chi connectivity index (χ0v) is 10.1. The first kappa shape index (κ1) is 12.1. The van der Waals surface area contributed by atoms with Crippen molar-refractivity contribution in [1.82, 2.24) is 10.2 Å². The second-order valence-corrected chi connectivity index (χ2v) is 4.52. The molecule has 1 aromatic rings. The first-order valence-corrected chi connectivity index (χ1v) is 5.97. The van der Waals surface area contributed by atoms with Crippen LogP contribution in [0.25, 0.3) is 0 Å². The van der Waals surface area contributed by atoms with Crippen molar-refractivity contribution in [2.75, 3.05) is 20.1 Å². The van der Waals surface area contributed by atoms with Gasteiger partial charge in [0.15, 0.2) is 5.76 Å². The summed E-state index contributed by atoms with van der Waals surface area (Å²) in [5, 5.41) is 2.99. The maximum atomic E-state index is 11.9. The van der Waals surface area contributed by atoms with E-state index in [4.69, 9.17) is 10.2 Å². The van der Waals surface area contributed by atoms with Crippen LogP contribution in [-0.4, -0.2) is 37.0 Å². The Kier molecular flexibility index (Phi) is 3.81. The number of hydrogen-bond donors (Lipinski definition) is 2. The Morgan fingerprint density at radius 1 is 1.53 bits per heavy atom. The van der Waals surface area contributed by atoms with Crippen LogP contribution < -0.4 is 11.1 Å². The van der Waals surface area contributed by atoms with E-state index in [1.807, 2.05) is 0 Å². The monoisotopic (exact) mass is 237 g/mol. The van der Waals surface area contributed by atoms with Crippen molar-refractivity contribution in [1.29, 1.82) is 0 Å². The van der Waals surface area contributed by atoms with Gasteiger partial charge in [-0.1, -0.05) is 0 Å². The van der Waals surface area contributed by atoms with E-state index in [-0.39, 0.29) is 11.9 Å².